The van der Waals surface area contributed by atoms with Crippen LogP contribution in [0.5, 0.6) is 11.6 Å². The van der Waals surface area contributed by atoms with Crippen LogP contribution in [-0.4, -0.2) is 62.1 Å². The number of morpholine rings is 1. The molecule has 0 bridgehead atoms. The summed E-state index contributed by atoms with van der Waals surface area (Å²) in [6.45, 7) is 2.84. The molecule has 1 saturated heterocycles. The molecule has 12 nitrogen and oxygen atoms in total. The highest BCUT2D eigenvalue weighted by Crippen LogP contribution is 2.35. The molecule has 0 amide bonds. The van der Waals surface area contributed by atoms with E-state index in [1.165, 1.54) is 24.7 Å². The second-order valence-electron chi connectivity index (χ2n) is 9.86. The zero-order chi connectivity index (χ0) is 27.5. The number of fused-ring (bicyclic) bond motifs is 1. The summed E-state index contributed by atoms with van der Waals surface area (Å²) >= 11 is 0. The molecule has 6 rings (SSSR count). The topological polar surface area (TPSA) is 131 Å². The first-order valence-corrected chi connectivity index (χ1v) is 13.2. The van der Waals surface area contributed by atoms with E-state index in [4.69, 9.17) is 19.2 Å². The zero-order valence-electron chi connectivity index (χ0n) is 21.7. The van der Waals surface area contributed by atoms with Gasteiger partial charge in [0.2, 0.25) is 5.88 Å². The molecule has 1 aliphatic heterocycles. The van der Waals surface area contributed by atoms with Gasteiger partial charge >= 0.3 is 0 Å². The maximum Gasteiger partial charge on any atom is 0.287 e. The number of nitrogens with zero attached hydrogens (tertiary/aromatic N) is 7. The Bertz CT molecular complexity index is 1480. The third-order valence-corrected chi connectivity index (χ3v) is 7.21. The van der Waals surface area contributed by atoms with Gasteiger partial charge in [-0.3, -0.25) is 24.8 Å². The lowest BCUT2D eigenvalue weighted by Crippen LogP contribution is -2.36. The summed E-state index contributed by atoms with van der Waals surface area (Å²) in [5, 5.41) is 15.7. The van der Waals surface area contributed by atoms with Crippen molar-refractivity contribution in [2.75, 3.05) is 31.2 Å². The van der Waals surface area contributed by atoms with Crippen molar-refractivity contribution in [2.24, 2.45) is 0 Å². The van der Waals surface area contributed by atoms with Crippen LogP contribution in [0.1, 0.15) is 37.4 Å². The lowest BCUT2D eigenvalue weighted by molar-refractivity contribution is -0.385. The Morgan fingerprint density at radius 3 is 2.60 bits per heavy atom. The van der Waals surface area contributed by atoms with Crippen LogP contribution in [0.25, 0.3) is 10.9 Å². The number of halogens is 1. The molecule has 2 aliphatic rings. The van der Waals surface area contributed by atoms with Gasteiger partial charge in [-0.1, -0.05) is 0 Å². The Labute approximate surface area is 228 Å². The molecule has 40 heavy (non-hydrogen) atoms. The number of rotatable bonds is 8. The van der Waals surface area contributed by atoms with E-state index in [1.807, 2.05) is 12.1 Å². The van der Waals surface area contributed by atoms with Crippen molar-refractivity contribution in [1.82, 2.24) is 24.7 Å². The zero-order valence-corrected chi connectivity index (χ0v) is 21.7. The van der Waals surface area contributed by atoms with Crippen molar-refractivity contribution in [3.63, 3.8) is 0 Å². The predicted octanol–water partition coefficient (Wildman–Crippen LogP) is 4.25. The number of hydrogen-bond acceptors (Lipinski definition) is 10. The van der Waals surface area contributed by atoms with Crippen molar-refractivity contribution in [3.05, 3.63) is 70.7 Å². The largest absolute Gasteiger partial charge is 0.486 e. The van der Waals surface area contributed by atoms with Crippen molar-refractivity contribution in [3.8, 4) is 11.6 Å². The number of anilines is 1. The van der Waals surface area contributed by atoms with Crippen molar-refractivity contribution in [1.29, 1.82) is 0 Å². The van der Waals surface area contributed by atoms with Crippen LogP contribution in [0.4, 0.5) is 15.9 Å². The van der Waals surface area contributed by atoms with Crippen molar-refractivity contribution >= 4 is 22.4 Å². The van der Waals surface area contributed by atoms with E-state index in [-0.39, 0.29) is 30.3 Å². The number of pyridine rings is 3. The van der Waals surface area contributed by atoms with E-state index in [9.17, 15) is 14.5 Å². The SMILES string of the molecule is O=[N+]([O-])c1ccc(COc2cnc3cc(N4CCOCC4)nc(OC4CCC(n5cc(F)cn5)CC4)c3c2)nc1. The van der Waals surface area contributed by atoms with Crippen molar-refractivity contribution in [2.45, 2.75) is 44.4 Å². The lowest BCUT2D eigenvalue weighted by atomic mass is 9.93. The van der Waals surface area contributed by atoms with Crippen LogP contribution in [0.15, 0.2) is 49.1 Å². The quantitative estimate of drug-likeness (QED) is 0.232. The maximum atomic E-state index is 13.4. The lowest BCUT2D eigenvalue weighted by Gasteiger charge is -2.30. The minimum absolute atomic E-state index is 0.0545. The molecule has 13 heteroatoms. The van der Waals surface area contributed by atoms with Crippen LogP contribution in [0, 0.1) is 15.9 Å². The second-order valence-corrected chi connectivity index (χ2v) is 9.86. The number of nitro groups is 1. The molecule has 5 heterocycles. The fourth-order valence-corrected chi connectivity index (χ4v) is 5.05. The fourth-order valence-electron chi connectivity index (χ4n) is 5.05. The third kappa shape index (κ3) is 5.78. The molecule has 0 spiro atoms. The molecular weight excluding hydrogens is 521 g/mol. The highest BCUT2D eigenvalue weighted by atomic mass is 19.1. The summed E-state index contributed by atoms with van der Waals surface area (Å²) in [6, 6.07) is 6.88. The van der Waals surface area contributed by atoms with Crippen LogP contribution in [-0.2, 0) is 11.3 Å². The highest BCUT2D eigenvalue weighted by molar-refractivity contribution is 5.87. The molecule has 4 aromatic rings. The van der Waals surface area contributed by atoms with Gasteiger partial charge in [-0.2, -0.15) is 10.1 Å². The Kier molecular flexibility index (Phi) is 7.36. The molecule has 0 atom stereocenters. The second kappa shape index (κ2) is 11.4. The average molecular weight is 550 g/mol. The number of hydrogen-bond donors (Lipinski definition) is 0. The van der Waals surface area contributed by atoms with Gasteiger partial charge in [0.15, 0.2) is 5.82 Å². The molecule has 4 aromatic heterocycles. The molecular formula is C27H28FN7O5. The first-order chi connectivity index (χ1) is 19.5. The van der Waals surface area contributed by atoms with Gasteiger partial charge in [0, 0.05) is 25.2 Å². The first-order valence-electron chi connectivity index (χ1n) is 13.2. The minimum atomic E-state index is -0.492. The Hall–Kier alpha value is -4.39. The van der Waals surface area contributed by atoms with E-state index in [0.717, 1.165) is 55.5 Å². The molecule has 0 radical (unpaired) electrons. The monoisotopic (exact) mass is 549 g/mol. The summed E-state index contributed by atoms with van der Waals surface area (Å²) in [5.74, 6) is 1.44. The summed E-state index contributed by atoms with van der Waals surface area (Å²) in [6.07, 6.45) is 8.67. The summed E-state index contributed by atoms with van der Waals surface area (Å²) in [4.78, 5) is 26.2. The molecule has 0 N–H and O–H groups in total. The molecule has 1 saturated carbocycles. The van der Waals surface area contributed by atoms with Gasteiger partial charge in [0.05, 0.1) is 59.4 Å². The van der Waals surface area contributed by atoms with E-state index >= 15 is 0 Å². The molecule has 1 aliphatic carbocycles. The molecule has 2 fully saturated rings. The number of ether oxygens (including phenoxy) is 3. The van der Waals surface area contributed by atoms with E-state index in [2.05, 4.69) is 20.0 Å². The van der Waals surface area contributed by atoms with Crippen LogP contribution < -0.4 is 14.4 Å². The third-order valence-electron chi connectivity index (χ3n) is 7.21. The minimum Gasteiger partial charge on any atom is -0.486 e. The van der Waals surface area contributed by atoms with Gasteiger partial charge in [-0.25, -0.2) is 4.39 Å². The maximum absolute atomic E-state index is 13.4. The summed E-state index contributed by atoms with van der Waals surface area (Å²) in [7, 11) is 0. The Morgan fingerprint density at radius 2 is 1.90 bits per heavy atom. The smallest absolute Gasteiger partial charge is 0.287 e. The van der Waals surface area contributed by atoms with E-state index in [0.29, 0.717) is 30.5 Å². The average Bonchev–Trinajstić information content (AvgIpc) is 3.43. The van der Waals surface area contributed by atoms with E-state index in [1.54, 1.807) is 16.9 Å². The van der Waals surface area contributed by atoms with Crippen molar-refractivity contribution < 1.29 is 23.5 Å². The van der Waals surface area contributed by atoms with Gasteiger partial charge in [0.25, 0.3) is 5.69 Å². The van der Waals surface area contributed by atoms with Crippen LogP contribution >= 0.6 is 0 Å². The number of aromatic nitrogens is 5. The van der Waals surface area contributed by atoms with Crippen LogP contribution in [0.3, 0.4) is 0 Å². The standard InChI is InChI=1S/C27H28FN7O5/c28-18-13-31-34(16-18)20-3-5-22(6-4-20)40-27-24-11-23(39-17-19-1-2-21(14-29-19)35(36)37)15-30-25(24)12-26(32-27)33-7-9-38-10-8-33/h1-2,11-16,20,22H,3-10,17H2. The predicted molar refractivity (Wildman–Crippen MR) is 142 cm³/mol. The Balaban J connectivity index is 1.22. The fraction of sp³-hybridized carbons (Fsp3) is 0.407. The molecule has 0 unspecified atom stereocenters. The van der Waals surface area contributed by atoms with Gasteiger partial charge in [0.1, 0.15) is 30.5 Å². The summed E-state index contributed by atoms with van der Waals surface area (Å²) in [5.41, 5.74) is 1.20. The van der Waals surface area contributed by atoms with Gasteiger partial charge < -0.3 is 19.1 Å². The molecule has 208 valence electrons. The van der Waals surface area contributed by atoms with Gasteiger partial charge in [-0.05, 0) is 37.8 Å². The first kappa shape index (κ1) is 25.9. The normalized spacial score (nSPS) is 19.5. The highest BCUT2D eigenvalue weighted by Gasteiger charge is 2.26. The van der Waals surface area contributed by atoms with Gasteiger partial charge in [-0.15, -0.1) is 0 Å². The molecule has 0 aromatic carbocycles. The van der Waals surface area contributed by atoms with E-state index < -0.39 is 4.92 Å². The van der Waals surface area contributed by atoms with Crippen LogP contribution in [0.2, 0.25) is 0 Å². The Morgan fingerprint density at radius 1 is 1.07 bits per heavy atom. The summed E-state index contributed by atoms with van der Waals surface area (Å²) < 4.78 is 33.1.